The minimum absolute atomic E-state index is 0.421. The molecule has 0 unspecified atom stereocenters. The van der Waals surface area contributed by atoms with Crippen LogP contribution in [-0.4, -0.2) is 14.8 Å². The van der Waals surface area contributed by atoms with Crippen molar-refractivity contribution in [2.75, 3.05) is 5.73 Å². The number of halogens is 2. The van der Waals surface area contributed by atoms with Gasteiger partial charge in [-0.2, -0.15) is 9.78 Å². The Kier molecular flexibility index (Phi) is 3.03. The molecule has 2 aromatic heterocycles. The maximum Gasteiger partial charge on any atom is 0.174 e. The van der Waals surface area contributed by atoms with Gasteiger partial charge >= 0.3 is 0 Å². The third kappa shape index (κ3) is 1.99. The van der Waals surface area contributed by atoms with Crippen LogP contribution >= 0.6 is 23.2 Å². The molecular weight excluding hydrogens is 247 g/mol. The predicted octanol–water partition coefficient (Wildman–Crippen LogP) is 2.72. The molecule has 0 aliphatic heterocycles. The largest absolute Gasteiger partial charge is 0.384 e. The SMILES string of the molecule is CCc1cc(N)n(-c2ncc(Cl)cc2Cl)n1. The first-order valence-electron chi connectivity index (χ1n) is 4.77. The zero-order chi connectivity index (χ0) is 11.7. The van der Waals surface area contributed by atoms with Crippen LogP contribution in [0.5, 0.6) is 0 Å². The first-order valence-corrected chi connectivity index (χ1v) is 5.53. The van der Waals surface area contributed by atoms with E-state index >= 15 is 0 Å². The van der Waals surface area contributed by atoms with Gasteiger partial charge in [-0.05, 0) is 12.5 Å². The summed E-state index contributed by atoms with van der Waals surface area (Å²) in [5, 5.41) is 5.19. The van der Waals surface area contributed by atoms with E-state index in [-0.39, 0.29) is 0 Å². The Hall–Kier alpha value is -1.26. The van der Waals surface area contributed by atoms with E-state index in [1.165, 1.54) is 10.9 Å². The van der Waals surface area contributed by atoms with Crippen LogP contribution in [0.1, 0.15) is 12.6 Å². The molecule has 16 heavy (non-hydrogen) atoms. The summed E-state index contributed by atoms with van der Waals surface area (Å²) in [5.41, 5.74) is 6.72. The summed E-state index contributed by atoms with van der Waals surface area (Å²) >= 11 is 11.8. The Labute approximate surface area is 103 Å². The Balaban J connectivity index is 2.53. The number of aryl methyl sites for hydroxylation is 1. The molecule has 0 saturated heterocycles. The van der Waals surface area contributed by atoms with E-state index in [0.29, 0.717) is 21.7 Å². The molecule has 0 aliphatic carbocycles. The highest BCUT2D eigenvalue weighted by atomic mass is 35.5. The molecule has 2 N–H and O–H groups in total. The van der Waals surface area contributed by atoms with Gasteiger partial charge < -0.3 is 5.73 Å². The summed E-state index contributed by atoms with van der Waals surface area (Å²) in [5.74, 6) is 0.997. The fraction of sp³-hybridized carbons (Fsp3) is 0.200. The summed E-state index contributed by atoms with van der Waals surface area (Å²) < 4.78 is 1.51. The molecule has 0 aliphatic rings. The first kappa shape index (κ1) is 11.2. The number of anilines is 1. The van der Waals surface area contributed by atoms with Gasteiger partial charge in [-0.3, -0.25) is 0 Å². The fourth-order valence-electron chi connectivity index (χ4n) is 1.35. The quantitative estimate of drug-likeness (QED) is 0.899. The second-order valence-corrected chi connectivity index (χ2v) is 4.13. The highest BCUT2D eigenvalue weighted by molar-refractivity contribution is 6.35. The maximum absolute atomic E-state index is 6.03. The molecule has 0 saturated carbocycles. The van der Waals surface area contributed by atoms with E-state index in [2.05, 4.69) is 10.1 Å². The summed E-state index contributed by atoms with van der Waals surface area (Å²) in [4.78, 5) is 4.11. The zero-order valence-corrected chi connectivity index (χ0v) is 10.1. The molecule has 4 nitrogen and oxygen atoms in total. The summed E-state index contributed by atoms with van der Waals surface area (Å²) in [6.07, 6.45) is 2.32. The van der Waals surface area contributed by atoms with E-state index in [1.807, 2.05) is 6.92 Å². The van der Waals surface area contributed by atoms with Gasteiger partial charge in [-0.25, -0.2) is 4.98 Å². The van der Waals surface area contributed by atoms with Gasteiger partial charge in [0.25, 0.3) is 0 Å². The molecule has 2 aromatic rings. The van der Waals surface area contributed by atoms with E-state index in [0.717, 1.165) is 12.1 Å². The molecule has 0 amide bonds. The van der Waals surface area contributed by atoms with Crippen LogP contribution in [0.4, 0.5) is 5.82 Å². The normalized spacial score (nSPS) is 10.7. The van der Waals surface area contributed by atoms with Crippen LogP contribution in [0.3, 0.4) is 0 Å². The molecule has 0 atom stereocenters. The molecule has 0 fully saturated rings. The minimum Gasteiger partial charge on any atom is -0.384 e. The minimum atomic E-state index is 0.421. The maximum atomic E-state index is 6.03. The molecule has 0 bridgehead atoms. The van der Waals surface area contributed by atoms with Crippen molar-refractivity contribution in [2.24, 2.45) is 0 Å². The monoisotopic (exact) mass is 256 g/mol. The molecular formula is C10H10Cl2N4. The number of nitrogens with two attached hydrogens (primary N) is 1. The average Bonchev–Trinajstić information content (AvgIpc) is 2.60. The molecule has 0 spiro atoms. The van der Waals surface area contributed by atoms with Crippen molar-refractivity contribution < 1.29 is 0 Å². The second kappa shape index (κ2) is 4.31. The van der Waals surface area contributed by atoms with Gasteiger partial charge in [-0.1, -0.05) is 30.1 Å². The standard InChI is InChI=1S/C10H10Cl2N4/c1-2-7-4-9(13)16(15-7)10-8(12)3-6(11)5-14-10/h3-5H,2,13H2,1H3. The summed E-state index contributed by atoms with van der Waals surface area (Å²) in [6.45, 7) is 2.00. The second-order valence-electron chi connectivity index (χ2n) is 3.28. The highest BCUT2D eigenvalue weighted by Crippen LogP contribution is 2.23. The van der Waals surface area contributed by atoms with Crippen LogP contribution < -0.4 is 5.73 Å². The van der Waals surface area contributed by atoms with Crippen LogP contribution in [0.2, 0.25) is 10.0 Å². The fourth-order valence-corrected chi connectivity index (χ4v) is 1.81. The number of hydrogen-bond donors (Lipinski definition) is 1. The predicted molar refractivity (Wildman–Crippen MR) is 65.2 cm³/mol. The molecule has 0 aromatic carbocycles. The number of nitrogen functional groups attached to an aromatic ring is 1. The van der Waals surface area contributed by atoms with Gasteiger partial charge in [0.1, 0.15) is 5.82 Å². The van der Waals surface area contributed by atoms with Gasteiger partial charge in [0.2, 0.25) is 0 Å². The Morgan fingerprint density at radius 1 is 1.38 bits per heavy atom. The Bertz CT molecular complexity index is 522. The molecule has 2 heterocycles. The Morgan fingerprint density at radius 2 is 2.12 bits per heavy atom. The zero-order valence-electron chi connectivity index (χ0n) is 8.61. The van der Waals surface area contributed by atoms with Crippen LogP contribution in [0, 0.1) is 0 Å². The lowest BCUT2D eigenvalue weighted by atomic mass is 10.3. The molecule has 2 rings (SSSR count). The van der Waals surface area contributed by atoms with Gasteiger partial charge in [0, 0.05) is 12.3 Å². The van der Waals surface area contributed by atoms with Gasteiger partial charge in [-0.15, -0.1) is 0 Å². The van der Waals surface area contributed by atoms with E-state index in [9.17, 15) is 0 Å². The topological polar surface area (TPSA) is 56.7 Å². The first-order chi connectivity index (χ1) is 7.61. The lowest BCUT2D eigenvalue weighted by molar-refractivity contribution is 0.824. The van der Waals surface area contributed by atoms with Gasteiger partial charge in [0.05, 0.1) is 15.7 Å². The lowest BCUT2D eigenvalue weighted by Gasteiger charge is -2.04. The Morgan fingerprint density at radius 3 is 2.69 bits per heavy atom. The van der Waals surface area contributed by atoms with Crippen molar-refractivity contribution in [1.29, 1.82) is 0 Å². The van der Waals surface area contributed by atoms with Crippen LogP contribution in [0.25, 0.3) is 5.82 Å². The number of pyridine rings is 1. The number of aromatic nitrogens is 3. The molecule has 0 radical (unpaired) electrons. The van der Waals surface area contributed by atoms with Crippen LogP contribution in [0.15, 0.2) is 18.3 Å². The molecule has 84 valence electrons. The number of hydrogen-bond acceptors (Lipinski definition) is 3. The van der Waals surface area contributed by atoms with Gasteiger partial charge in [0.15, 0.2) is 5.82 Å². The third-order valence-corrected chi connectivity index (χ3v) is 2.62. The lowest BCUT2D eigenvalue weighted by Crippen LogP contribution is -2.04. The van der Waals surface area contributed by atoms with Crippen molar-refractivity contribution >= 4 is 29.0 Å². The van der Waals surface area contributed by atoms with Crippen molar-refractivity contribution in [3.05, 3.63) is 34.1 Å². The number of nitrogens with zero attached hydrogens (tertiary/aromatic N) is 3. The van der Waals surface area contributed by atoms with Crippen molar-refractivity contribution in [3.63, 3.8) is 0 Å². The summed E-state index contributed by atoms with van der Waals surface area (Å²) in [7, 11) is 0. The van der Waals surface area contributed by atoms with Crippen LogP contribution in [-0.2, 0) is 6.42 Å². The highest BCUT2D eigenvalue weighted by Gasteiger charge is 2.10. The van der Waals surface area contributed by atoms with E-state index in [1.54, 1.807) is 12.1 Å². The number of rotatable bonds is 2. The van der Waals surface area contributed by atoms with E-state index < -0.39 is 0 Å². The third-order valence-electron chi connectivity index (χ3n) is 2.14. The summed E-state index contributed by atoms with van der Waals surface area (Å²) in [6, 6.07) is 3.41. The smallest absolute Gasteiger partial charge is 0.174 e. The average molecular weight is 257 g/mol. The van der Waals surface area contributed by atoms with Crippen molar-refractivity contribution in [3.8, 4) is 5.82 Å². The molecule has 6 heteroatoms. The van der Waals surface area contributed by atoms with E-state index in [4.69, 9.17) is 28.9 Å². The van der Waals surface area contributed by atoms with Crippen molar-refractivity contribution in [1.82, 2.24) is 14.8 Å². The van der Waals surface area contributed by atoms with Crippen molar-refractivity contribution in [2.45, 2.75) is 13.3 Å².